The Morgan fingerprint density at radius 2 is 1.88 bits per heavy atom. The molecule has 0 bridgehead atoms. The first-order chi connectivity index (χ1) is 12.0. The molecule has 0 aromatic heterocycles. The molecular formula is C21H20N2OS. The second-order valence-corrected chi connectivity index (χ2v) is 7.10. The van der Waals surface area contributed by atoms with Crippen molar-refractivity contribution in [2.75, 3.05) is 0 Å². The highest BCUT2D eigenvalue weighted by molar-refractivity contribution is 8.18. The van der Waals surface area contributed by atoms with Crippen LogP contribution in [0.3, 0.4) is 0 Å². The lowest BCUT2D eigenvalue weighted by molar-refractivity contribution is -0.115. The molecule has 1 fully saturated rings. The largest absolute Gasteiger partial charge is 0.300 e. The molecular weight excluding hydrogens is 328 g/mol. The Kier molecular flexibility index (Phi) is 5.19. The summed E-state index contributed by atoms with van der Waals surface area (Å²) >= 11 is 1.38. The molecule has 0 unspecified atom stereocenters. The second kappa shape index (κ2) is 7.53. The number of aliphatic imine (C=N–C) groups is 1. The molecule has 2 aromatic carbocycles. The summed E-state index contributed by atoms with van der Waals surface area (Å²) in [4.78, 5) is 17.5. The molecule has 3 rings (SSSR count). The van der Waals surface area contributed by atoms with Crippen LogP contribution < -0.4 is 5.32 Å². The van der Waals surface area contributed by atoms with Crippen molar-refractivity contribution < 1.29 is 4.79 Å². The van der Waals surface area contributed by atoms with Crippen LogP contribution >= 0.6 is 11.8 Å². The lowest BCUT2D eigenvalue weighted by Crippen LogP contribution is -2.19. The van der Waals surface area contributed by atoms with E-state index in [9.17, 15) is 4.79 Å². The molecule has 1 aliphatic rings. The molecule has 25 heavy (non-hydrogen) atoms. The Balaban J connectivity index is 1.81. The van der Waals surface area contributed by atoms with Gasteiger partial charge in [0, 0.05) is 0 Å². The summed E-state index contributed by atoms with van der Waals surface area (Å²) in [6.45, 7) is 6.05. The van der Waals surface area contributed by atoms with Gasteiger partial charge >= 0.3 is 0 Å². The third kappa shape index (κ3) is 4.48. The Hall–Kier alpha value is -2.59. The zero-order valence-corrected chi connectivity index (χ0v) is 15.4. The molecule has 0 atom stereocenters. The number of aryl methyl sites for hydroxylation is 2. The molecule has 3 nitrogen and oxygen atoms in total. The number of amidine groups is 1. The fourth-order valence-electron chi connectivity index (χ4n) is 2.49. The minimum absolute atomic E-state index is 0.102. The maximum atomic E-state index is 12.2. The van der Waals surface area contributed by atoms with Crippen molar-refractivity contribution in [3.05, 3.63) is 81.8 Å². The summed E-state index contributed by atoms with van der Waals surface area (Å²) in [5.74, 6) is -0.102. The maximum absolute atomic E-state index is 12.2. The molecule has 126 valence electrons. The van der Waals surface area contributed by atoms with Gasteiger partial charge in [0.05, 0.1) is 10.6 Å². The van der Waals surface area contributed by atoms with Crippen LogP contribution in [0.25, 0.3) is 6.08 Å². The van der Waals surface area contributed by atoms with Crippen LogP contribution in [0, 0.1) is 13.8 Å². The van der Waals surface area contributed by atoms with Gasteiger partial charge in [-0.3, -0.25) is 4.79 Å². The topological polar surface area (TPSA) is 41.5 Å². The van der Waals surface area contributed by atoms with Crippen LogP contribution in [0.2, 0.25) is 0 Å². The highest BCUT2D eigenvalue weighted by Crippen LogP contribution is 2.29. The molecule has 0 saturated carbocycles. The van der Waals surface area contributed by atoms with Crippen molar-refractivity contribution in [1.29, 1.82) is 0 Å². The van der Waals surface area contributed by atoms with Gasteiger partial charge in [0.2, 0.25) is 0 Å². The van der Waals surface area contributed by atoms with Crippen LogP contribution in [0.1, 0.15) is 23.6 Å². The van der Waals surface area contributed by atoms with E-state index in [2.05, 4.69) is 22.5 Å². The number of benzene rings is 2. The van der Waals surface area contributed by atoms with E-state index < -0.39 is 0 Å². The average molecular weight is 348 g/mol. The first-order valence-corrected chi connectivity index (χ1v) is 8.93. The van der Waals surface area contributed by atoms with E-state index in [-0.39, 0.29) is 5.91 Å². The normalized spacial score (nSPS) is 18.0. The van der Waals surface area contributed by atoms with Crippen LogP contribution in [-0.2, 0) is 4.79 Å². The summed E-state index contributed by atoms with van der Waals surface area (Å²) in [6, 6.07) is 16.2. The summed E-state index contributed by atoms with van der Waals surface area (Å²) in [5, 5.41) is 3.47. The minimum Gasteiger partial charge on any atom is -0.300 e. The van der Waals surface area contributed by atoms with Crippen LogP contribution in [0.15, 0.2) is 70.1 Å². The summed E-state index contributed by atoms with van der Waals surface area (Å²) < 4.78 is 0. The van der Waals surface area contributed by atoms with Crippen molar-refractivity contribution in [1.82, 2.24) is 5.32 Å². The molecule has 1 aliphatic heterocycles. The first-order valence-electron chi connectivity index (χ1n) is 8.11. The van der Waals surface area contributed by atoms with Crippen LogP contribution in [0.5, 0.6) is 0 Å². The van der Waals surface area contributed by atoms with E-state index in [1.807, 2.05) is 69.3 Å². The fraction of sp³-hybridized carbons (Fsp3) is 0.143. The lowest BCUT2D eigenvalue weighted by atomic mass is 10.1. The van der Waals surface area contributed by atoms with E-state index in [1.54, 1.807) is 0 Å². The van der Waals surface area contributed by atoms with E-state index in [0.717, 1.165) is 28.0 Å². The number of carbonyl (C=O) groups is 1. The zero-order chi connectivity index (χ0) is 17.8. The predicted octanol–water partition coefficient (Wildman–Crippen LogP) is 5.14. The van der Waals surface area contributed by atoms with Gasteiger partial charge in [0.25, 0.3) is 5.91 Å². The number of rotatable bonds is 3. The third-order valence-corrected chi connectivity index (χ3v) is 4.70. The molecule has 2 aromatic rings. The molecule has 0 radical (unpaired) electrons. The van der Waals surface area contributed by atoms with Crippen LogP contribution in [-0.4, -0.2) is 11.1 Å². The Morgan fingerprint density at radius 3 is 2.64 bits per heavy atom. The molecule has 1 N–H and O–H groups in total. The number of nitrogens with one attached hydrogen (secondary N) is 1. The fourth-order valence-corrected chi connectivity index (χ4v) is 3.37. The van der Waals surface area contributed by atoms with Crippen LogP contribution in [0.4, 0.5) is 5.69 Å². The van der Waals surface area contributed by atoms with Crippen molar-refractivity contribution >= 4 is 34.6 Å². The van der Waals surface area contributed by atoms with E-state index >= 15 is 0 Å². The molecule has 1 heterocycles. The van der Waals surface area contributed by atoms with Crippen molar-refractivity contribution in [2.45, 2.75) is 20.8 Å². The summed E-state index contributed by atoms with van der Waals surface area (Å²) in [7, 11) is 0. The Labute approximate surface area is 152 Å². The van der Waals surface area contributed by atoms with Crippen molar-refractivity contribution in [3.63, 3.8) is 0 Å². The number of carbonyl (C=O) groups excluding carboxylic acids is 1. The number of allylic oxidation sites excluding steroid dienone is 2. The molecule has 4 heteroatoms. The van der Waals surface area contributed by atoms with Gasteiger partial charge in [0.15, 0.2) is 5.17 Å². The van der Waals surface area contributed by atoms with Gasteiger partial charge in [-0.2, -0.15) is 0 Å². The van der Waals surface area contributed by atoms with Crippen molar-refractivity contribution in [3.8, 4) is 0 Å². The Bertz CT molecular complexity index is 895. The van der Waals surface area contributed by atoms with Gasteiger partial charge in [-0.15, -0.1) is 0 Å². The molecule has 0 spiro atoms. The number of thioether (sulfide) groups is 1. The van der Waals surface area contributed by atoms with Gasteiger partial charge in [-0.1, -0.05) is 48.5 Å². The van der Waals surface area contributed by atoms with Gasteiger partial charge in [-0.05, 0) is 66.9 Å². The lowest BCUT2D eigenvalue weighted by Gasteiger charge is -2.02. The first kappa shape index (κ1) is 17.2. The SMILES string of the molecule is CC(/C=C1\SC(=Nc2cc(C)ccc2C)NC1=O)=C\c1ccccc1. The zero-order valence-electron chi connectivity index (χ0n) is 14.5. The highest BCUT2D eigenvalue weighted by atomic mass is 32.2. The minimum atomic E-state index is -0.102. The number of nitrogens with zero attached hydrogens (tertiary/aromatic N) is 1. The smallest absolute Gasteiger partial charge is 0.264 e. The molecule has 0 aliphatic carbocycles. The number of hydrogen-bond donors (Lipinski definition) is 1. The quantitative estimate of drug-likeness (QED) is 0.780. The highest BCUT2D eigenvalue weighted by Gasteiger charge is 2.23. The number of hydrogen-bond acceptors (Lipinski definition) is 3. The van der Waals surface area contributed by atoms with E-state index in [1.165, 1.54) is 11.8 Å². The predicted molar refractivity (Wildman–Crippen MR) is 107 cm³/mol. The Morgan fingerprint density at radius 1 is 1.12 bits per heavy atom. The van der Waals surface area contributed by atoms with Gasteiger partial charge in [-0.25, -0.2) is 4.99 Å². The standard InChI is InChI=1S/C21H20N2OS/c1-14-9-10-16(3)18(12-14)22-21-23-20(24)19(25-21)13-15(2)11-17-7-5-4-6-8-17/h4-13H,1-3H3,(H,22,23,24)/b15-11+,19-13-. The molecule has 1 saturated heterocycles. The monoisotopic (exact) mass is 348 g/mol. The van der Waals surface area contributed by atoms with E-state index in [4.69, 9.17) is 0 Å². The molecule has 1 amide bonds. The number of amides is 1. The third-order valence-electron chi connectivity index (χ3n) is 3.79. The average Bonchev–Trinajstić information content (AvgIpc) is 2.91. The van der Waals surface area contributed by atoms with Gasteiger partial charge in [0.1, 0.15) is 0 Å². The summed E-state index contributed by atoms with van der Waals surface area (Å²) in [6.07, 6.45) is 3.96. The van der Waals surface area contributed by atoms with Gasteiger partial charge < -0.3 is 5.32 Å². The maximum Gasteiger partial charge on any atom is 0.264 e. The summed E-state index contributed by atoms with van der Waals surface area (Å²) in [5.41, 5.74) is 5.27. The van der Waals surface area contributed by atoms with Crippen molar-refractivity contribution in [2.24, 2.45) is 4.99 Å². The van der Waals surface area contributed by atoms with E-state index in [0.29, 0.717) is 10.1 Å². The second-order valence-electron chi connectivity index (χ2n) is 6.07.